The van der Waals surface area contributed by atoms with Crippen LogP contribution in [0.3, 0.4) is 0 Å². The lowest BCUT2D eigenvalue weighted by atomic mass is 10.1. The molecule has 0 spiro atoms. The minimum atomic E-state index is -3.30. The molecule has 0 bridgehead atoms. The van der Waals surface area contributed by atoms with Crippen LogP contribution in [-0.4, -0.2) is 64.0 Å². The van der Waals surface area contributed by atoms with E-state index in [9.17, 15) is 8.42 Å². The summed E-state index contributed by atoms with van der Waals surface area (Å²) in [5, 5.41) is 0. The zero-order valence-corrected chi connectivity index (χ0v) is 15.5. The van der Waals surface area contributed by atoms with E-state index < -0.39 is 10.2 Å². The largest absolute Gasteiger partial charge is 0.496 e. The number of nitrogens with one attached hydrogen (secondary N) is 1. The van der Waals surface area contributed by atoms with Gasteiger partial charge in [-0.2, -0.15) is 12.7 Å². The molecule has 1 aromatic rings. The zero-order valence-electron chi connectivity index (χ0n) is 14.7. The monoisotopic (exact) mass is 355 g/mol. The number of nitrogens with zero attached hydrogens (tertiary/aromatic N) is 2. The van der Waals surface area contributed by atoms with Crippen LogP contribution in [0.5, 0.6) is 5.75 Å². The topological polar surface area (TPSA) is 61.9 Å². The summed E-state index contributed by atoms with van der Waals surface area (Å²) in [5.74, 6) is 0.940. The van der Waals surface area contributed by atoms with Crippen molar-refractivity contribution in [1.29, 1.82) is 0 Å². The molecule has 0 aromatic heterocycles. The Kier molecular flexibility index (Phi) is 7.48. The standard InChI is InChI=1S/C17H29N3O3S/c1-3-10-18-24(21,22)20-14-12-19(13-15-20)11-6-8-16-7-4-5-9-17(16)23-2/h4-5,7,9,18H,3,6,8,10-15H2,1-2H3. The van der Waals surface area contributed by atoms with E-state index in [1.807, 2.05) is 25.1 Å². The van der Waals surface area contributed by atoms with E-state index in [1.54, 1.807) is 11.4 Å². The van der Waals surface area contributed by atoms with Crippen molar-refractivity contribution in [1.82, 2.24) is 13.9 Å². The van der Waals surface area contributed by atoms with Gasteiger partial charge in [0, 0.05) is 32.7 Å². The Balaban J connectivity index is 1.73. The van der Waals surface area contributed by atoms with Crippen molar-refractivity contribution in [3.8, 4) is 5.75 Å². The van der Waals surface area contributed by atoms with Crippen molar-refractivity contribution in [3.63, 3.8) is 0 Å². The van der Waals surface area contributed by atoms with Gasteiger partial charge >= 0.3 is 0 Å². The normalized spacial score (nSPS) is 17.1. The number of piperazine rings is 1. The van der Waals surface area contributed by atoms with Gasteiger partial charge in [-0.15, -0.1) is 0 Å². The molecule has 6 nitrogen and oxygen atoms in total. The highest BCUT2D eigenvalue weighted by atomic mass is 32.2. The Morgan fingerprint density at radius 1 is 1.17 bits per heavy atom. The van der Waals surface area contributed by atoms with E-state index in [2.05, 4.69) is 15.7 Å². The first-order chi connectivity index (χ1) is 11.6. The molecule has 24 heavy (non-hydrogen) atoms. The van der Waals surface area contributed by atoms with Crippen LogP contribution in [0.25, 0.3) is 0 Å². The Morgan fingerprint density at radius 2 is 1.88 bits per heavy atom. The Labute approximate surface area is 146 Å². The molecule has 0 radical (unpaired) electrons. The first-order valence-electron chi connectivity index (χ1n) is 8.66. The summed E-state index contributed by atoms with van der Waals surface area (Å²) >= 11 is 0. The van der Waals surface area contributed by atoms with Gasteiger partial charge in [0.15, 0.2) is 0 Å². The molecule has 0 aliphatic carbocycles. The van der Waals surface area contributed by atoms with Crippen molar-refractivity contribution in [2.45, 2.75) is 26.2 Å². The van der Waals surface area contributed by atoms with E-state index in [-0.39, 0.29) is 0 Å². The van der Waals surface area contributed by atoms with Crippen molar-refractivity contribution < 1.29 is 13.2 Å². The van der Waals surface area contributed by atoms with Crippen LogP contribution in [0, 0.1) is 0 Å². The number of rotatable bonds is 9. The molecule has 1 heterocycles. The Morgan fingerprint density at radius 3 is 2.54 bits per heavy atom. The third-order valence-electron chi connectivity index (χ3n) is 4.32. The predicted octanol–water partition coefficient (Wildman–Crippen LogP) is 1.49. The van der Waals surface area contributed by atoms with Gasteiger partial charge in [0.05, 0.1) is 7.11 Å². The van der Waals surface area contributed by atoms with Crippen LogP contribution >= 0.6 is 0 Å². The SMILES string of the molecule is CCCNS(=O)(=O)N1CCN(CCCc2ccccc2OC)CC1. The maximum Gasteiger partial charge on any atom is 0.279 e. The molecule has 1 aliphatic heterocycles. The summed E-state index contributed by atoms with van der Waals surface area (Å²) in [4.78, 5) is 2.33. The third-order valence-corrected chi connectivity index (χ3v) is 5.93. The third kappa shape index (κ3) is 5.44. The van der Waals surface area contributed by atoms with Crippen molar-refractivity contribution in [2.24, 2.45) is 0 Å². The second kappa shape index (κ2) is 9.36. The quantitative estimate of drug-likeness (QED) is 0.729. The fourth-order valence-electron chi connectivity index (χ4n) is 2.92. The van der Waals surface area contributed by atoms with Gasteiger partial charge in [0.1, 0.15) is 5.75 Å². The highest BCUT2D eigenvalue weighted by molar-refractivity contribution is 7.87. The average Bonchev–Trinajstić information content (AvgIpc) is 2.61. The lowest BCUT2D eigenvalue weighted by Crippen LogP contribution is -2.52. The molecule has 0 saturated carbocycles. The highest BCUT2D eigenvalue weighted by Gasteiger charge is 2.25. The first-order valence-corrected chi connectivity index (χ1v) is 10.1. The second-order valence-corrected chi connectivity index (χ2v) is 7.81. The summed E-state index contributed by atoms with van der Waals surface area (Å²) in [6.07, 6.45) is 2.82. The number of benzene rings is 1. The molecular formula is C17H29N3O3S. The number of methoxy groups -OCH3 is 1. The van der Waals surface area contributed by atoms with E-state index in [0.717, 1.165) is 44.6 Å². The number of hydrogen-bond donors (Lipinski definition) is 1. The van der Waals surface area contributed by atoms with Gasteiger partial charge in [0.2, 0.25) is 0 Å². The lowest BCUT2D eigenvalue weighted by molar-refractivity contribution is 0.185. The number of ether oxygens (including phenoxy) is 1. The van der Waals surface area contributed by atoms with Crippen LogP contribution in [0.2, 0.25) is 0 Å². The lowest BCUT2D eigenvalue weighted by Gasteiger charge is -2.33. The minimum absolute atomic E-state index is 0.501. The Hall–Kier alpha value is -1.15. The van der Waals surface area contributed by atoms with E-state index in [1.165, 1.54) is 5.56 Å². The van der Waals surface area contributed by atoms with Gasteiger partial charge in [-0.1, -0.05) is 25.1 Å². The molecule has 2 rings (SSSR count). The molecule has 1 aliphatic rings. The molecule has 1 N–H and O–H groups in total. The van der Waals surface area contributed by atoms with Crippen molar-refractivity contribution >= 4 is 10.2 Å². The van der Waals surface area contributed by atoms with Crippen molar-refractivity contribution in [3.05, 3.63) is 29.8 Å². The predicted molar refractivity (Wildman–Crippen MR) is 96.5 cm³/mol. The summed E-state index contributed by atoms with van der Waals surface area (Å²) in [7, 11) is -1.60. The van der Waals surface area contributed by atoms with E-state index in [4.69, 9.17) is 4.74 Å². The summed E-state index contributed by atoms with van der Waals surface area (Å²) < 4.78 is 33.8. The second-order valence-electron chi connectivity index (χ2n) is 6.06. The van der Waals surface area contributed by atoms with Crippen LogP contribution in [0.15, 0.2) is 24.3 Å². The van der Waals surface area contributed by atoms with Gasteiger partial charge in [-0.3, -0.25) is 0 Å². The maximum atomic E-state index is 12.1. The molecule has 0 amide bonds. The molecule has 0 atom stereocenters. The van der Waals surface area contributed by atoms with Crippen LogP contribution in [0.1, 0.15) is 25.3 Å². The van der Waals surface area contributed by atoms with E-state index >= 15 is 0 Å². The molecular weight excluding hydrogens is 326 g/mol. The molecule has 0 unspecified atom stereocenters. The van der Waals surface area contributed by atoms with Crippen LogP contribution in [0.4, 0.5) is 0 Å². The van der Waals surface area contributed by atoms with Gasteiger partial charge < -0.3 is 9.64 Å². The molecule has 1 saturated heterocycles. The first kappa shape index (κ1) is 19.2. The number of aryl methyl sites for hydroxylation is 1. The molecule has 1 fully saturated rings. The van der Waals surface area contributed by atoms with Crippen LogP contribution in [-0.2, 0) is 16.6 Å². The van der Waals surface area contributed by atoms with Gasteiger partial charge in [-0.05, 0) is 37.4 Å². The fraction of sp³-hybridized carbons (Fsp3) is 0.647. The minimum Gasteiger partial charge on any atom is -0.496 e. The van der Waals surface area contributed by atoms with Gasteiger partial charge in [0.25, 0.3) is 10.2 Å². The smallest absolute Gasteiger partial charge is 0.279 e. The summed E-state index contributed by atoms with van der Waals surface area (Å²) in [6, 6.07) is 8.10. The number of para-hydroxylation sites is 1. The van der Waals surface area contributed by atoms with Crippen molar-refractivity contribution in [2.75, 3.05) is 46.4 Å². The Bertz CT molecular complexity index is 599. The number of hydrogen-bond acceptors (Lipinski definition) is 4. The summed E-state index contributed by atoms with van der Waals surface area (Å²) in [5.41, 5.74) is 1.23. The van der Waals surface area contributed by atoms with Crippen LogP contribution < -0.4 is 9.46 Å². The molecule has 7 heteroatoms. The van der Waals surface area contributed by atoms with E-state index in [0.29, 0.717) is 19.6 Å². The fourth-order valence-corrected chi connectivity index (χ4v) is 4.21. The average molecular weight is 356 g/mol. The van der Waals surface area contributed by atoms with Gasteiger partial charge in [-0.25, -0.2) is 4.72 Å². The zero-order chi connectivity index (χ0) is 17.4. The molecule has 1 aromatic carbocycles. The maximum absolute atomic E-state index is 12.1. The summed E-state index contributed by atoms with van der Waals surface area (Å²) in [6.45, 7) is 6.15. The highest BCUT2D eigenvalue weighted by Crippen LogP contribution is 2.19. The molecule has 136 valence electrons.